The van der Waals surface area contributed by atoms with Gasteiger partial charge in [0.25, 0.3) is 0 Å². The number of thioether (sulfide) groups is 1. The van der Waals surface area contributed by atoms with Gasteiger partial charge in [0.2, 0.25) is 5.95 Å². The summed E-state index contributed by atoms with van der Waals surface area (Å²) in [6.07, 6.45) is 3.57. The number of carbonyl (C=O) groups is 1. The molecule has 2 aliphatic rings. The Bertz CT molecular complexity index is 514. The van der Waals surface area contributed by atoms with Gasteiger partial charge in [-0.3, -0.25) is 9.36 Å². The summed E-state index contributed by atoms with van der Waals surface area (Å²) in [7, 11) is 2.06. The van der Waals surface area contributed by atoms with Crippen LogP contribution in [-0.2, 0) is 4.79 Å². The Labute approximate surface area is 122 Å². The second kappa shape index (κ2) is 5.27. The molecule has 2 unspecified atom stereocenters. The normalized spacial score (nSPS) is 24.7. The van der Waals surface area contributed by atoms with Crippen molar-refractivity contribution in [3.63, 3.8) is 0 Å². The fraction of sp³-hybridized carbons (Fsp3) is 0.769. The van der Waals surface area contributed by atoms with Gasteiger partial charge in [-0.05, 0) is 31.1 Å². The van der Waals surface area contributed by atoms with Crippen molar-refractivity contribution in [2.45, 2.75) is 37.4 Å². The first kappa shape index (κ1) is 13.7. The van der Waals surface area contributed by atoms with Gasteiger partial charge in [-0.1, -0.05) is 18.7 Å². The molecule has 3 rings (SSSR count). The highest BCUT2D eigenvalue weighted by molar-refractivity contribution is 7.99. The fourth-order valence-corrected chi connectivity index (χ4v) is 3.21. The smallest absolute Gasteiger partial charge is 0.313 e. The summed E-state index contributed by atoms with van der Waals surface area (Å²) in [4.78, 5) is 12.9. The van der Waals surface area contributed by atoms with E-state index in [1.54, 1.807) is 0 Å². The second-order valence-electron chi connectivity index (χ2n) is 5.92. The van der Waals surface area contributed by atoms with Crippen LogP contribution in [0.3, 0.4) is 0 Å². The number of hydrogen-bond donors (Lipinski definition) is 1. The third kappa shape index (κ3) is 2.92. The average molecular weight is 296 g/mol. The van der Waals surface area contributed by atoms with Gasteiger partial charge in [0.1, 0.15) is 0 Å². The molecule has 2 aliphatic carbocycles. The molecule has 0 radical (unpaired) electrons. The summed E-state index contributed by atoms with van der Waals surface area (Å²) in [6.45, 7) is 3.29. The quantitative estimate of drug-likeness (QED) is 0.775. The molecular formula is C13H20N4O2S. The molecule has 0 amide bonds. The van der Waals surface area contributed by atoms with Crippen molar-refractivity contribution in [3.05, 3.63) is 0 Å². The molecule has 6 nitrogen and oxygen atoms in total. The Morgan fingerprint density at radius 3 is 2.75 bits per heavy atom. The van der Waals surface area contributed by atoms with Crippen LogP contribution in [0.15, 0.2) is 5.16 Å². The summed E-state index contributed by atoms with van der Waals surface area (Å²) in [5, 5.41) is 18.0. The van der Waals surface area contributed by atoms with Crippen LogP contribution >= 0.6 is 11.8 Å². The van der Waals surface area contributed by atoms with Gasteiger partial charge in [-0.15, -0.1) is 10.2 Å². The van der Waals surface area contributed by atoms with Gasteiger partial charge < -0.3 is 10.0 Å². The number of aromatic nitrogens is 3. The van der Waals surface area contributed by atoms with Crippen LogP contribution in [0.2, 0.25) is 0 Å². The number of anilines is 1. The lowest BCUT2D eigenvalue weighted by Gasteiger charge is -2.19. The minimum atomic E-state index is -0.818. The summed E-state index contributed by atoms with van der Waals surface area (Å²) in [6, 6.07) is 0.454. The maximum absolute atomic E-state index is 10.7. The fourth-order valence-electron chi connectivity index (χ4n) is 2.49. The molecule has 20 heavy (non-hydrogen) atoms. The number of hydrogen-bond acceptors (Lipinski definition) is 5. The van der Waals surface area contributed by atoms with Gasteiger partial charge in [-0.2, -0.15) is 0 Å². The molecule has 2 fully saturated rings. The molecular weight excluding hydrogens is 276 g/mol. The SMILES string of the molecule is CC1CC1CN(C)c1nnc(SCC(=O)O)n1C1CC1. The van der Waals surface area contributed by atoms with Crippen molar-refractivity contribution in [3.8, 4) is 0 Å². The number of nitrogens with zero attached hydrogens (tertiary/aromatic N) is 4. The van der Waals surface area contributed by atoms with E-state index in [4.69, 9.17) is 5.11 Å². The number of rotatable bonds is 7. The zero-order valence-electron chi connectivity index (χ0n) is 11.8. The van der Waals surface area contributed by atoms with Gasteiger partial charge >= 0.3 is 5.97 Å². The molecule has 0 aromatic carbocycles. The highest BCUT2D eigenvalue weighted by Crippen LogP contribution is 2.42. The molecule has 0 saturated heterocycles. The van der Waals surface area contributed by atoms with Crippen LogP contribution < -0.4 is 4.90 Å². The summed E-state index contributed by atoms with van der Waals surface area (Å²) >= 11 is 1.26. The predicted octanol–water partition coefficient (Wildman–Crippen LogP) is 1.88. The summed E-state index contributed by atoms with van der Waals surface area (Å²) < 4.78 is 2.13. The maximum Gasteiger partial charge on any atom is 0.313 e. The molecule has 2 saturated carbocycles. The van der Waals surface area contributed by atoms with Crippen molar-refractivity contribution in [1.29, 1.82) is 0 Å². The van der Waals surface area contributed by atoms with Crippen LogP contribution in [0, 0.1) is 11.8 Å². The molecule has 2 atom stereocenters. The summed E-state index contributed by atoms with van der Waals surface area (Å²) in [5.41, 5.74) is 0. The maximum atomic E-state index is 10.7. The first-order chi connectivity index (χ1) is 9.56. The van der Waals surface area contributed by atoms with Gasteiger partial charge in [0.15, 0.2) is 5.16 Å². The number of carboxylic acid groups (broad SMARTS) is 1. The molecule has 1 aromatic heterocycles. The van der Waals surface area contributed by atoms with Crippen molar-refractivity contribution in [2.24, 2.45) is 11.8 Å². The standard InChI is InChI=1S/C13H20N4O2S/c1-8-5-9(8)6-16(2)12-14-15-13(20-7-11(18)19)17(12)10-3-4-10/h8-10H,3-7H2,1-2H3,(H,18,19). The second-order valence-corrected chi connectivity index (χ2v) is 6.86. The zero-order valence-corrected chi connectivity index (χ0v) is 12.6. The van der Waals surface area contributed by atoms with Crippen LogP contribution in [0.5, 0.6) is 0 Å². The first-order valence-electron chi connectivity index (χ1n) is 7.07. The van der Waals surface area contributed by atoms with Crippen LogP contribution in [0.25, 0.3) is 0 Å². The number of carboxylic acids is 1. The lowest BCUT2D eigenvalue weighted by atomic mass is 10.3. The Kier molecular flexibility index (Phi) is 3.62. The molecule has 0 bridgehead atoms. The predicted molar refractivity (Wildman–Crippen MR) is 77.2 cm³/mol. The highest BCUT2D eigenvalue weighted by atomic mass is 32.2. The molecule has 1 aromatic rings. The van der Waals surface area contributed by atoms with Crippen molar-refractivity contribution in [2.75, 3.05) is 24.2 Å². The zero-order chi connectivity index (χ0) is 14.3. The topological polar surface area (TPSA) is 71.2 Å². The Morgan fingerprint density at radius 2 is 2.20 bits per heavy atom. The Balaban J connectivity index is 1.74. The van der Waals surface area contributed by atoms with E-state index in [0.717, 1.165) is 42.3 Å². The van der Waals surface area contributed by atoms with E-state index in [1.807, 2.05) is 0 Å². The van der Waals surface area contributed by atoms with E-state index in [-0.39, 0.29) is 5.75 Å². The lowest BCUT2D eigenvalue weighted by molar-refractivity contribution is -0.133. The third-order valence-corrected chi connectivity index (χ3v) is 4.94. The van der Waals surface area contributed by atoms with Crippen molar-refractivity contribution < 1.29 is 9.90 Å². The van der Waals surface area contributed by atoms with Crippen molar-refractivity contribution in [1.82, 2.24) is 14.8 Å². The third-order valence-electron chi connectivity index (χ3n) is 4.01. The first-order valence-corrected chi connectivity index (χ1v) is 8.05. The summed E-state index contributed by atoms with van der Waals surface area (Å²) in [5.74, 6) is 1.69. The van der Waals surface area contributed by atoms with E-state index in [9.17, 15) is 4.79 Å². The van der Waals surface area contributed by atoms with E-state index < -0.39 is 5.97 Å². The Morgan fingerprint density at radius 1 is 1.50 bits per heavy atom. The molecule has 110 valence electrons. The minimum Gasteiger partial charge on any atom is -0.481 e. The monoisotopic (exact) mass is 296 g/mol. The Hall–Kier alpha value is -1.24. The highest BCUT2D eigenvalue weighted by Gasteiger charge is 2.36. The van der Waals surface area contributed by atoms with E-state index in [2.05, 4.69) is 33.6 Å². The van der Waals surface area contributed by atoms with E-state index >= 15 is 0 Å². The molecule has 0 spiro atoms. The van der Waals surface area contributed by atoms with Crippen LogP contribution in [-0.4, -0.2) is 45.2 Å². The van der Waals surface area contributed by atoms with E-state index in [0.29, 0.717) is 6.04 Å². The molecule has 1 heterocycles. The number of aliphatic carboxylic acids is 1. The van der Waals surface area contributed by atoms with Crippen LogP contribution in [0.4, 0.5) is 5.95 Å². The largest absolute Gasteiger partial charge is 0.481 e. The van der Waals surface area contributed by atoms with Gasteiger partial charge in [0.05, 0.1) is 5.75 Å². The minimum absolute atomic E-state index is 0.0359. The van der Waals surface area contributed by atoms with Crippen LogP contribution in [0.1, 0.15) is 32.2 Å². The lowest BCUT2D eigenvalue weighted by Crippen LogP contribution is -2.24. The van der Waals surface area contributed by atoms with Gasteiger partial charge in [-0.25, -0.2) is 0 Å². The molecule has 0 aliphatic heterocycles. The average Bonchev–Trinajstić information content (AvgIpc) is 3.29. The molecule has 7 heteroatoms. The van der Waals surface area contributed by atoms with Gasteiger partial charge in [0, 0.05) is 19.6 Å². The van der Waals surface area contributed by atoms with Crippen molar-refractivity contribution >= 4 is 23.7 Å². The van der Waals surface area contributed by atoms with E-state index in [1.165, 1.54) is 18.2 Å². The molecule has 1 N–H and O–H groups in total.